The summed E-state index contributed by atoms with van der Waals surface area (Å²) in [6.07, 6.45) is -16.2. The number of alkyl halides is 9. The number of nitrogens with two attached hydrogens (primary N) is 6. The molecule has 0 aromatic heterocycles. The Morgan fingerprint density at radius 1 is 0.288 bits per heavy atom. The molecule has 6 heterocycles. The number of benzene rings is 12. The van der Waals surface area contributed by atoms with E-state index in [9.17, 15) is 70.2 Å². The second-order valence-corrected chi connectivity index (χ2v) is 32.6. The van der Waals surface area contributed by atoms with E-state index in [1.807, 2.05) is 58.0 Å². The molecular formula is C100H92Cl2F16N6O15. The van der Waals surface area contributed by atoms with Crippen molar-refractivity contribution in [2.45, 2.75) is 82.8 Å². The van der Waals surface area contributed by atoms with Crippen molar-refractivity contribution in [3.63, 3.8) is 0 Å². The summed E-state index contributed by atoms with van der Waals surface area (Å²) in [7, 11) is 2.82. The van der Waals surface area contributed by atoms with E-state index in [-0.39, 0.29) is 142 Å². The van der Waals surface area contributed by atoms with Crippen molar-refractivity contribution < 1.29 is 141 Å². The number of fused-ring (bicyclic) bond motifs is 6. The summed E-state index contributed by atoms with van der Waals surface area (Å²) in [5.41, 5.74) is 37.6. The molecule has 0 bridgehead atoms. The average Bonchev–Trinajstić information content (AvgIpc) is 0.766. The molecule has 0 amide bonds. The van der Waals surface area contributed by atoms with Crippen molar-refractivity contribution in [2.24, 2.45) is 34.4 Å². The maximum absolute atomic E-state index is 14.0. The monoisotopic (exact) mass is 1990 g/mol. The first-order valence-corrected chi connectivity index (χ1v) is 43.6. The van der Waals surface area contributed by atoms with E-state index in [0.29, 0.717) is 120 Å². The van der Waals surface area contributed by atoms with Gasteiger partial charge in [-0.25, -0.2) is 30.7 Å². The predicted octanol–water partition coefficient (Wildman–Crippen LogP) is 21.4. The smallest absolute Gasteiger partial charge is 0.417 e. The zero-order chi connectivity index (χ0) is 100. The van der Waals surface area contributed by atoms with E-state index in [1.165, 1.54) is 67.3 Å². The number of halogens is 18. The molecule has 6 aliphatic heterocycles. The third-order valence-electron chi connectivity index (χ3n) is 21.9. The number of hydrogen-bond donors (Lipinski definition) is 6. The highest BCUT2D eigenvalue weighted by Gasteiger charge is 2.40. The Bertz CT molecular complexity index is 6420. The normalized spacial score (nSPS) is 16.7. The highest BCUT2D eigenvalue weighted by molar-refractivity contribution is 6.34. The molecule has 12 aromatic carbocycles. The molecule has 39 heteroatoms. The van der Waals surface area contributed by atoms with Crippen LogP contribution in [0.5, 0.6) is 86.2 Å². The van der Waals surface area contributed by atoms with Crippen LogP contribution in [0, 0.1) is 61.5 Å². The lowest BCUT2D eigenvalue weighted by atomic mass is 9.97. The van der Waals surface area contributed by atoms with Crippen LogP contribution in [0.25, 0.3) is 66.8 Å². The standard InChI is InChI=1S/C18H20FNO3.C17H15F4NO3.C17H18FNO2.C16H12ClF4NO2.C16H15ClFNO3.C16H12F5NO2/c1-3-21-13-4-5-15(11(2)6-13)16-7-12(19)8-17-18(16)23-14(9-20)10-22-17;1-23-10-2-3-12(14(6-10)17(19,20)21)13-4-9(18)5-15-16(13)25-11(7-22)8-24-15;1-10-3-4-14(11(2)5-10)15-6-12(18)7-16-17(15)21-13(8-19)9-20-16;17-13-3-8(16(19,20)21)1-2-11(13)12-4-9(18)5-14-15(12)24-10(6-22)7-23-14;1-20-10-2-3-12(14(17)6-10)13-4-9(18)5-15-16(13)22-11(7-19)8-21-15;17-8-1-2-11(13(4-8)16(19,20)21)12-3-9(18)5-14-15(12)24-10(6-22)7-23-14/h4-8,14H,3,9-10,20H2,1-2H3;2-6,11H,7-8,22H2,1H3;3-7,13H,8-9,19H2,1-2H3;1-5,10H,6-7,22H2;2-6,11H,7-8,19H2,1H3;1-5,10H,6-7,22H2/t14-;11-;13-;10-;11-;10-/m000000/s1. The van der Waals surface area contributed by atoms with Gasteiger partial charge in [0.2, 0.25) is 0 Å². The Kier molecular flexibility index (Phi) is 33.2. The van der Waals surface area contributed by atoms with Gasteiger partial charge in [0, 0.05) is 125 Å². The minimum absolute atomic E-state index is 0.0212. The van der Waals surface area contributed by atoms with E-state index < -0.39 is 88.2 Å². The van der Waals surface area contributed by atoms with Gasteiger partial charge in [-0.1, -0.05) is 65.2 Å². The zero-order valence-electron chi connectivity index (χ0n) is 74.9. The number of aryl methyl sites for hydroxylation is 3. The summed E-state index contributed by atoms with van der Waals surface area (Å²) in [6, 6.07) is 39.9. The first-order chi connectivity index (χ1) is 66.2. The molecule has 0 radical (unpaired) electrons. The molecule has 0 fully saturated rings. The fourth-order valence-corrected chi connectivity index (χ4v) is 15.7. The summed E-state index contributed by atoms with van der Waals surface area (Å²) in [6.45, 7) is 11.2. The van der Waals surface area contributed by atoms with Gasteiger partial charge in [0.1, 0.15) is 134 Å². The van der Waals surface area contributed by atoms with Crippen LogP contribution in [0.2, 0.25) is 10.0 Å². The fourth-order valence-electron chi connectivity index (χ4n) is 15.1. The lowest BCUT2D eigenvalue weighted by Crippen LogP contribution is -2.36. The molecular weight excluding hydrogens is 1900 g/mol. The van der Waals surface area contributed by atoms with Gasteiger partial charge in [-0.2, -0.15) is 39.5 Å². The molecule has 12 aromatic rings. The Morgan fingerprint density at radius 2 is 0.561 bits per heavy atom. The molecule has 0 unspecified atom stereocenters. The number of ether oxygens (including phenoxy) is 15. The van der Waals surface area contributed by atoms with E-state index in [0.717, 1.165) is 94.7 Å². The number of methoxy groups -OCH3 is 2. The minimum atomic E-state index is -4.82. The Labute approximate surface area is 796 Å². The van der Waals surface area contributed by atoms with Gasteiger partial charge in [-0.05, 0) is 170 Å². The summed E-state index contributed by atoms with van der Waals surface area (Å²) in [5, 5.41) is 0.265. The lowest BCUT2D eigenvalue weighted by molar-refractivity contribution is -0.138. The van der Waals surface area contributed by atoms with Gasteiger partial charge in [0.15, 0.2) is 69.0 Å². The molecule has 0 saturated heterocycles. The summed E-state index contributed by atoms with van der Waals surface area (Å²) in [4.78, 5) is 0. The van der Waals surface area contributed by atoms with Crippen molar-refractivity contribution in [3.05, 3.63) is 266 Å². The third kappa shape index (κ3) is 24.8. The van der Waals surface area contributed by atoms with Crippen LogP contribution in [0.1, 0.15) is 40.3 Å². The van der Waals surface area contributed by atoms with Crippen molar-refractivity contribution in [3.8, 4) is 153 Å². The first kappa shape index (κ1) is 103. The van der Waals surface area contributed by atoms with Gasteiger partial charge in [0.05, 0.1) is 42.5 Å². The second-order valence-electron chi connectivity index (χ2n) is 31.8. The highest BCUT2D eigenvalue weighted by atomic mass is 35.5. The predicted molar refractivity (Wildman–Crippen MR) is 488 cm³/mol. The Morgan fingerprint density at radius 3 is 0.856 bits per heavy atom. The molecule has 6 aliphatic rings. The molecule has 738 valence electrons. The van der Waals surface area contributed by atoms with E-state index in [1.54, 1.807) is 25.3 Å². The van der Waals surface area contributed by atoms with E-state index in [4.69, 9.17) is 129 Å². The molecule has 21 nitrogen and oxygen atoms in total. The van der Waals surface area contributed by atoms with Crippen molar-refractivity contribution in [2.75, 3.05) is 99.7 Å². The zero-order valence-corrected chi connectivity index (χ0v) is 76.4. The first-order valence-electron chi connectivity index (χ1n) is 42.9. The highest BCUT2D eigenvalue weighted by Crippen LogP contribution is 2.53. The van der Waals surface area contributed by atoms with Crippen molar-refractivity contribution in [1.82, 2.24) is 0 Å². The van der Waals surface area contributed by atoms with Crippen LogP contribution in [0.4, 0.5) is 70.2 Å². The third-order valence-corrected chi connectivity index (χ3v) is 22.5. The average molecular weight is 1990 g/mol. The topological polar surface area (TPSA) is 295 Å². The van der Waals surface area contributed by atoms with Gasteiger partial charge >= 0.3 is 18.5 Å². The van der Waals surface area contributed by atoms with E-state index in [2.05, 4.69) is 6.07 Å². The lowest BCUT2D eigenvalue weighted by Gasteiger charge is -2.28. The number of rotatable bonds is 16. The van der Waals surface area contributed by atoms with Gasteiger partial charge in [-0.15, -0.1) is 0 Å². The van der Waals surface area contributed by atoms with Crippen LogP contribution in [0.15, 0.2) is 182 Å². The van der Waals surface area contributed by atoms with Crippen LogP contribution in [-0.2, 0) is 18.5 Å². The maximum atomic E-state index is 14.0. The Balaban J connectivity index is 0.000000141. The fraction of sp³-hybridized carbons (Fsp3) is 0.280. The second kappa shape index (κ2) is 44.8. The van der Waals surface area contributed by atoms with Crippen LogP contribution >= 0.6 is 23.2 Å². The van der Waals surface area contributed by atoms with Gasteiger partial charge < -0.3 is 105 Å². The molecule has 18 rings (SSSR count). The quantitative estimate of drug-likeness (QED) is 0.0490. The molecule has 139 heavy (non-hydrogen) atoms. The Hall–Kier alpha value is -13.1. The van der Waals surface area contributed by atoms with Crippen LogP contribution in [-0.4, -0.2) is 136 Å². The number of hydrogen-bond acceptors (Lipinski definition) is 21. The SMILES string of the molecule is CCOc1ccc(-c2cc(F)cc3c2O[C@@H](CN)CO3)c(C)c1.COc1ccc(-c2cc(F)cc3c2O[C@@H](CN)CO3)c(C(F)(F)F)c1.COc1ccc(-c2cc(F)cc3c2O[C@@H](CN)CO3)c(Cl)c1.Cc1ccc(-c2cc(F)cc3c2O[C@@H](CN)CO3)c(C)c1.NC[C@H]1COc2cc(F)cc(-c3ccc(C(F)(F)F)cc3Cl)c2O1.NC[C@H]1COc2cc(F)cc(-c3ccc(F)cc3C(F)(F)F)c2O1. The van der Waals surface area contributed by atoms with E-state index >= 15 is 0 Å². The molecule has 12 N–H and O–H groups in total. The van der Waals surface area contributed by atoms with Crippen LogP contribution in [0.3, 0.4) is 0 Å². The summed E-state index contributed by atoms with van der Waals surface area (Å²) >= 11 is 12.3. The summed E-state index contributed by atoms with van der Waals surface area (Å²) in [5.74, 6) is 0.308. The summed E-state index contributed by atoms with van der Waals surface area (Å²) < 4.78 is 298. The molecule has 0 spiro atoms. The maximum Gasteiger partial charge on any atom is 0.417 e. The largest absolute Gasteiger partial charge is 0.497 e. The minimum Gasteiger partial charge on any atom is -0.497 e. The van der Waals surface area contributed by atoms with Crippen LogP contribution < -0.4 is 105 Å². The van der Waals surface area contributed by atoms with Crippen molar-refractivity contribution in [1.29, 1.82) is 0 Å². The molecule has 6 atom stereocenters. The van der Waals surface area contributed by atoms with Gasteiger partial charge in [-0.3, -0.25) is 0 Å². The molecule has 0 saturated carbocycles. The van der Waals surface area contributed by atoms with Crippen molar-refractivity contribution >= 4 is 23.2 Å². The van der Waals surface area contributed by atoms with Gasteiger partial charge in [0.25, 0.3) is 0 Å². The molecule has 0 aliphatic carbocycles.